The molecule has 0 saturated heterocycles. The first kappa shape index (κ1) is 33.0. The zero-order valence-corrected chi connectivity index (χ0v) is 30.2. The molecule has 0 N–H and O–H groups in total. The van der Waals surface area contributed by atoms with Gasteiger partial charge in [-0.25, -0.2) is 15.0 Å². The van der Waals surface area contributed by atoms with Crippen LogP contribution in [0.25, 0.3) is 93.0 Å². The lowest BCUT2D eigenvalue weighted by Crippen LogP contribution is -2.05. The molecular weight excluding hydrogens is 710 g/mol. The molecule has 0 radical (unpaired) electrons. The molecule has 4 nitrogen and oxygen atoms in total. The van der Waals surface area contributed by atoms with Crippen molar-refractivity contribution in [3.63, 3.8) is 0 Å². The lowest BCUT2D eigenvalue weighted by atomic mass is 9.99. The van der Waals surface area contributed by atoms with Gasteiger partial charge in [0, 0.05) is 47.6 Å². The molecule has 0 bridgehead atoms. The molecule has 3 aromatic heterocycles. The zero-order chi connectivity index (χ0) is 37.3. The molecule has 8 heteroatoms. The first-order valence-corrected chi connectivity index (χ1v) is 18.7. The summed E-state index contributed by atoms with van der Waals surface area (Å²) in [4.78, 5) is 15.2. The van der Waals surface area contributed by atoms with Gasteiger partial charge < -0.3 is 4.57 Å². The third-order valence-electron chi connectivity index (χ3n) is 10.1. The van der Waals surface area contributed by atoms with E-state index in [4.69, 9.17) is 15.0 Å². The van der Waals surface area contributed by atoms with Gasteiger partial charge in [0.25, 0.3) is 0 Å². The summed E-state index contributed by atoms with van der Waals surface area (Å²) in [6.45, 7) is 1.95. The summed E-state index contributed by atoms with van der Waals surface area (Å²) in [6.07, 6.45) is -4.49. The number of aryl methyl sites for hydroxylation is 1. The average Bonchev–Trinajstić information content (AvgIpc) is 3.76. The lowest BCUT2D eigenvalue weighted by Gasteiger charge is -2.17. The van der Waals surface area contributed by atoms with Crippen LogP contribution >= 0.6 is 11.3 Å². The van der Waals surface area contributed by atoms with Crippen molar-refractivity contribution in [2.45, 2.75) is 13.1 Å². The van der Waals surface area contributed by atoms with Gasteiger partial charge in [-0.1, -0.05) is 115 Å². The van der Waals surface area contributed by atoms with Crippen molar-refractivity contribution in [2.24, 2.45) is 0 Å². The van der Waals surface area contributed by atoms with Gasteiger partial charge in [-0.05, 0) is 66.6 Å². The van der Waals surface area contributed by atoms with E-state index < -0.39 is 11.7 Å². The average molecular weight is 739 g/mol. The van der Waals surface area contributed by atoms with E-state index in [1.165, 1.54) is 26.2 Å². The number of hydrogen-bond acceptors (Lipinski definition) is 4. The maximum Gasteiger partial charge on any atom is 0.416 e. The Morgan fingerprint density at radius 1 is 0.491 bits per heavy atom. The Morgan fingerprint density at radius 2 is 1.11 bits per heavy atom. The van der Waals surface area contributed by atoms with Crippen molar-refractivity contribution in [2.75, 3.05) is 0 Å². The molecule has 0 aliphatic heterocycles. The number of aromatic nitrogens is 4. The Bertz CT molecular complexity index is 3040. The quantitative estimate of drug-likeness (QED) is 0.177. The minimum Gasteiger partial charge on any atom is -0.309 e. The van der Waals surface area contributed by atoms with E-state index >= 15 is 0 Å². The largest absolute Gasteiger partial charge is 0.416 e. The Kier molecular flexibility index (Phi) is 7.64. The van der Waals surface area contributed by atoms with Crippen molar-refractivity contribution in [1.29, 1.82) is 0 Å². The number of hydrogen-bond donors (Lipinski definition) is 0. The molecule has 0 amide bonds. The predicted octanol–water partition coefficient (Wildman–Crippen LogP) is 13.3. The van der Waals surface area contributed by atoms with Crippen LogP contribution < -0.4 is 0 Å². The van der Waals surface area contributed by atoms with Crippen molar-refractivity contribution >= 4 is 53.3 Å². The number of fused-ring (bicyclic) bond motifs is 6. The molecule has 0 aliphatic carbocycles. The Morgan fingerprint density at radius 3 is 1.82 bits per heavy atom. The molecule has 7 aromatic carbocycles. The zero-order valence-electron chi connectivity index (χ0n) is 29.3. The van der Waals surface area contributed by atoms with Gasteiger partial charge in [0.15, 0.2) is 17.5 Å². The maximum absolute atomic E-state index is 14.1. The van der Waals surface area contributed by atoms with Gasteiger partial charge in [0.05, 0.1) is 22.3 Å². The Labute approximate surface area is 317 Å². The van der Waals surface area contributed by atoms with Crippen LogP contribution in [0.4, 0.5) is 13.2 Å². The summed E-state index contributed by atoms with van der Waals surface area (Å²) in [5.74, 6) is 1.47. The lowest BCUT2D eigenvalue weighted by molar-refractivity contribution is -0.137. The maximum atomic E-state index is 14.1. The van der Waals surface area contributed by atoms with Gasteiger partial charge in [0.1, 0.15) is 0 Å². The van der Waals surface area contributed by atoms with Crippen molar-refractivity contribution in [3.05, 3.63) is 169 Å². The van der Waals surface area contributed by atoms with Crippen LogP contribution in [-0.2, 0) is 6.18 Å². The second-order valence-corrected chi connectivity index (χ2v) is 14.7. The smallest absolute Gasteiger partial charge is 0.309 e. The fourth-order valence-electron chi connectivity index (χ4n) is 7.55. The predicted molar refractivity (Wildman–Crippen MR) is 219 cm³/mol. The SMILES string of the molecule is Cc1ccc2c(c1)c1cc(C(F)(F)F)ccc1n2-c1ccc(-c2cccc3c2sc2ccccc23)cc1-c1nc(-c2ccccc2)nc(-c2ccccc2)n1. The highest BCUT2D eigenvalue weighted by atomic mass is 32.1. The van der Waals surface area contributed by atoms with Gasteiger partial charge in [0.2, 0.25) is 0 Å². The van der Waals surface area contributed by atoms with Crippen molar-refractivity contribution in [3.8, 4) is 51.0 Å². The number of benzene rings is 7. The highest BCUT2D eigenvalue weighted by Gasteiger charge is 2.31. The minimum absolute atomic E-state index is 0.446. The van der Waals surface area contributed by atoms with Crippen LogP contribution in [0.1, 0.15) is 11.1 Å². The number of nitrogens with zero attached hydrogens (tertiary/aromatic N) is 4. The van der Waals surface area contributed by atoms with Crippen LogP contribution in [0, 0.1) is 6.92 Å². The fourth-order valence-corrected chi connectivity index (χ4v) is 8.79. The molecule has 3 heterocycles. The fraction of sp³-hybridized carbons (Fsp3) is 0.0426. The molecule has 0 aliphatic rings. The van der Waals surface area contributed by atoms with E-state index in [1.54, 1.807) is 17.4 Å². The highest BCUT2D eigenvalue weighted by Crippen LogP contribution is 2.43. The molecule has 0 unspecified atom stereocenters. The normalized spacial score (nSPS) is 12.0. The first-order valence-electron chi connectivity index (χ1n) is 17.8. The van der Waals surface area contributed by atoms with Crippen LogP contribution in [0.5, 0.6) is 0 Å². The topological polar surface area (TPSA) is 43.6 Å². The summed E-state index contributed by atoms with van der Waals surface area (Å²) >= 11 is 1.76. The Balaban J connectivity index is 1.30. The van der Waals surface area contributed by atoms with E-state index in [0.29, 0.717) is 33.9 Å². The summed E-state index contributed by atoms with van der Waals surface area (Å²) in [5.41, 5.74) is 6.85. The molecule has 0 fully saturated rings. The molecule has 264 valence electrons. The molecule has 55 heavy (non-hydrogen) atoms. The third kappa shape index (κ3) is 5.65. The number of halogens is 3. The second kappa shape index (κ2) is 12.7. The van der Waals surface area contributed by atoms with Gasteiger partial charge in [-0.3, -0.25) is 0 Å². The molecule has 10 rings (SSSR count). The molecule has 0 atom stereocenters. The molecule has 10 aromatic rings. The Hall–Kier alpha value is -6.64. The number of alkyl halides is 3. The van der Waals surface area contributed by atoms with Crippen LogP contribution in [-0.4, -0.2) is 19.5 Å². The standard InChI is InChI=1S/C47H29F3N4S/c1-28-19-22-39-36(25-28)37-27-32(47(48,49)50)21-24-40(37)54(39)41-23-20-31(33-16-10-17-35-34-15-8-9-18-42(34)55-43(33)35)26-38(41)46-52-44(29-11-4-2-5-12-29)51-45(53-46)30-13-6-3-7-14-30/h2-27H,1H3. The first-order chi connectivity index (χ1) is 26.8. The molecular formula is C47H29F3N4S. The summed E-state index contributed by atoms with van der Waals surface area (Å²) in [7, 11) is 0. The minimum atomic E-state index is -4.49. The van der Waals surface area contributed by atoms with Crippen molar-refractivity contribution < 1.29 is 13.2 Å². The van der Waals surface area contributed by atoms with E-state index in [-0.39, 0.29) is 0 Å². The van der Waals surface area contributed by atoms with Crippen LogP contribution in [0.2, 0.25) is 0 Å². The van der Waals surface area contributed by atoms with E-state index in [9.17, 15) is 13.2 Å². The van der Waals surface area contributed by atoms with Gasteiger partial charge in [-0.15, -0.1) is 11.3 Å². The van der Waals surface area contributed by atoms with E-state index in [2.05, 4.69) is 54.6 Å². The van der Waals surface area contributed by atoms with Crippen molar-refractivity contribution in [1.82, 2.24) is 19.5 Å². The monoisotopic (exact) mass is 738 g/mol. The van der Waals surface area contributed by atoms with Gasteiger partial charge in [-0.2, -0.15) is 13.2 Å². The summed E-state index contributed by atoms with van der Waals surface area (Å²) in [6, 6.07) is 50.6. The van der Waals surface area contributed by atoms with Crippen LogP contribution in [0.15, 0.2) is 158 Å². The number of thiophene rings is 1. The summed E-state index contributed by atoms with van der Waals surface area (Å²) in [5, 5.41) is 3.64. The van der Waals surface area contributed by atoms with E-state index in [0.717, 1.165) is 50.5 Å². The molecule has 0 saturated carbocycles. The van der Waals surface area contributed by atoms with Gasteiger partial charge >= 0.3 is 6.18 Å². The summed E-state index contributed by atoms with van der Waals surface area (Å²) < 4.78 is 46.8. The molecule has 0 spiro atoms. The second-order valence-electron chi connectivity index (χ2n) is 13.6. The van der Waals surface area contributed by atoms with E-state index in [1.807, 2.05) is 96.4 Å². The number of rotatable bonds is 5. The highest BCUT2D eigenvalue weighted by molar-refractivity contribution is 7.26. The van der Waals surface area contributed by atoms with Crippen LogP contribution in [0.3, 0.4) is 0 Å². The third-order valence-corrected chi connectivity index (χ3v) is 11.4.